The first-order valence-corrected chi connectivity index (χ1v) is 6.88. The van der Waals surface area contributed by atoms with Crippen LogP contribution < -0.4 is 0 Å². The fourth-order valence-corrected chi connectivity index (χ4v) is 2.64. The lowest BCUT2D eigenvalue weighted by atomic mass is 10.2. The zero-order valence-electron chi connectivity index (χ0n) is 10.8. The third kappa shape index (κ3) is 1.87. The number of rotatable bonds is 1. The van der Waals surface area contributed by atoms with Crippen LogP contribution in [0.25, 0.3) is 27.9 Å². The first-order valence-electron chi connectivity index (χ1n) is 6.13. The number of para-hydroxylation sites is 1. The first kappa shape index (κ1) is 12.6. The quantitative estimate of drug-likeness (QED) is 0.506. The highest BCUT2D eigenvalue weighted by molar-refractivity contribution is 6.36. The minimum atomic E-state index is 0.216. The van der Waals surface area contributed by atoms with Crippen molar-refractivity contribution in [1.82, 2.24) is 29.4 Å². The maximum absolute atomic E-state index is 6.18. The van der Waals surface area contributed by atoms with Gasteiger partial charge in [-0.05, 0) is 23.7 Å². The summed E-state index contributed by atoms with van der Waals surface area (Å²) in [5, 5.41) is 10.1. The van der Waals surface area contributed by atoms with Gasteiger partial charge in [-0.1, -0.05) is 17.7 Å². The Morgan fingerprint density at radius 1 is 1.14 bits per heavy atom. The number of aromatic nitrogens is 6. The largest absolute Gasteiger partial charge is 0.275 e. The van der Waals surface area contributed by atoms with E-state index in [1.54, 1.807) is 16.9 Å². The fraction of sp³-hybridized carbons (Fsp3) is 0.0769. The molecule has 0 saturated heterocycles. The Balaban J connectivity index is 2.09. The molecule has 0 radical (unpaired) electrons. The van der Waals surface area contributed by atoms with Crippen LogP contribution in [0, 0.1) is 0 Å². The summed E-state index contributed by atoms with van der Waals surface area (Å²) in [5.74, 6) is 0.541. The van der Waals surface area contributed by atoms with Gasteiger partial charge < -0.3 is 0 Å². The molecule has 6 nitrogen and oxygen atoms in total. The van der Waals surface area contributed by atoms with E-state index in [1.165, 1.54) is 4.52 Å². The normalized spacial score (nSPS) is 11.6. The predicted octanol–water partition coefficient (Wildman–Crippen LogP) is 2.98. The van der Waals surface area contributed by atoms with Gasteiger partial charge in [0.25, 0.3) is 0 Å². The van der Waals surface area contributed by atoms with Gasteiger partial charge in [0.05, 0.1) is 22.3 Å². The van der Waals surface area contributed by atoms with Crippen LogP contribution in [0.15, 0.2) is 30.6 Å². The number of hydrogen-bond donors (Lipinski definition) is 0. The smallest absolute Gasteiger partial charge is 0.226 e. The van der Waals surface area contributed by atoms with Crippen molar-refractivity contribution in [1.29, 1.82) is 0 Å². The van der Waals surface area contributed by atoms with E-state index >= 15 is 0 Å². The van der Waals surface area contributed by atoms with Crippen LogP contribution in [0.5, 0.6) is 0 Å². The van der Waals surface area contributed by atoms with E-state index in [1.807, 2.05) is 25.4 Å². The van der Waals surface area contributed by atoms with Crippen molar-refractivity contribution in [2.24, 2.45) is 7.05 Å². The van der Waals surface area contributed by atoms with Crippen LogP contribution in [-0.4, -0.2) is 29.4 Å². The molecule has 0 aliphatic rings. The molecule has 4 rings (SSSR count). The zero-order chi connectivity index (χ0) is 14.6. The molecule has 3 aromatic heterocycles. The minimum Gasteiger partial charge on any atom is -0.275 e. The second-order valence-corrected chi connectivity index (χ2v) is 5.34. The Morgan fingerprint density at radius 3 is 2.76 bits per heavy atom. The lowest BCUT2D eigenvalue weighted by molar-refractivity contribution is 0.768. The van der Waals surface area contributed by atoms with Gasteiger partial charge in [0.2, 0.25) is 5.28 Å². The highest BCUT2D eigenvalue weighted by atomic mass is 35.5. The third-order valence-electron chi connectivity index (χ3n) is 3.18. The highest BCUT2D eigenvalue weighted by Gasteiger charge is 2.15. The second kappa shape index (κ2) is 4.41. The summed E-state index contributed by atoms with van der Waals surface area (Å²) in [7, 11) is 1.84. The lowest BCUT2D eigenvalue weighted by Crippen LogP contribution is -1.95. The second-order valence-electron chi connectivity index (χ2n) is 4.59. The number of benzene rings is 1. The molecule has 0 aliphatic heterocycles. The topological polar surface area (TPSA) is 60.9 Å². The van der Waals surface area contributed by atoms with Gasteiger partial charge in [0.15, 0.2) is 11.5 Å². The summed E-state index contributed by atoms with van der Waals surface area (Å²) in [6, 6.07) is 5.50. The molecule has 0 saturated carbocycles. The van der Waals surface area contributed by atoms with E-state index < -0.39 is 0 Å². The average Bonchev–Trinajstić information content (AvgIpc) is 3.07. The number of aryl methyl sites for hydroxylation is 1. The van der Waals surface area contributed by atoms with Gasteiger partial charge in [-0.15, -0.1) is 5.10 Å². The molecule has 3 heterocycles. The van der Waals surface area contributed by atoms with Crippen molar-refractivity contribution in [3.8, 4) is 11.4 Å². The molecule has 0 atom stereocenters. The third-order valence-corrected chi connectivity index (χ3v) is 3.73. The maximum atomic E-state index is 6.18. The van der Waals surface area contributed by atoms with Crippen molar-refractivity contribution >= 4 is 39.8 Å². The van der Waals surface area contributed by atoms with E-state index in [0.717, 1.165) is 10.9 Å². The Kier molecular flexibility index (Phi) is 2.63. The summed E-state index contributed by atoms with van der Waals surface area (Å²) in [6.45, 7) is 0. The number of halogens is 2. The van der Waals surface area contributed by atoms with Crippen LogP contribution in [0.2, 0.25) is 10.3 Å². The van der Waals surface area contributed by atoms with E-state index in [2.05, 4.69) is 20.2 Å². The fourth-order valence-electron chi connectivity index (χ4n) is 2.22. The average molecular weight is 319 g/mol. The van der Waals surface area contributed by atoms with Gasteiger partial charge in [-0.3, -0.25) is 4.68 Å². The molecular formula is C13H8Cl2N6. The molecule has 0 fully saturated rings. The van der Waals surface area contributed by atoms with E-state index in [0.29, 0.717) is 22.0 Å². The summed E-state index contributed by atoms with van der Waals surface area (Å²) in [6.07, 6.45) is 3.54. The number of nitrogens with zero attached hydrogens (tertiary/aromatic N) is 6. The number of hydrogen-bond acceptors (Lipinski definition) is 4. The number of fused-ring (bicyclic) bond motifs is 3. The van der Waals surface area contributed by atoms with Crippen molar-refractivity contribution in [3.63, 3.8) is 0 Å². The Morgan fingerprint density at radius 2 is 2.00 bits per heavy atom. The van der Waals surface area contributed by atoms with Crippen LogP contribution >= 0.6 is 23.2 Å². The molecule has 4 aromatic rings. The zero-order valence-corrected chi connectivity index (χ0v) is 12.3. The van der Waals surface area contributed by atoms with Crippen LogP contribution in [0.1, 0.15) is 0 Å². The highest BCUT2D eigenvalue weighted by Crippen LogP contribution is 2.27. The molecule has 0 spiro atoms. The van der Waals surface area contributed by atoms with Gasteiger partial charge in [-0.25, -0.2) is 9.97 Å². The molecule has 21 heavy (non-hydrogen) atoms. The monoisotopic (exact) mass is 318 g/mol. The van der Waals surface area contributed by atoms with E-state index in [9.17, 15) is 0 Å². The predicted molar refractivity (Wildman–Crippen MR) is 80.5 cm³/mol. The van der Waals surface area contributed by atoms with Crippen LogP contribution in [0.4, 0.5) is 0 Å². The van der Waals surface area contributed by atoms with Crippen molar-refractivity contribution in [2.75, 3.05) is 0 Å². The van der Waals surface area contributed by atoms with Crippen LogP contribution in [-0.2, 0) is 7.05 Å². The molecule has 0 N–H and O–H groups in total. The molecule has 8 heteroatoms. The van der Waals surface area contributed by atoms with Crippen molar-refractivity contribution < 1.29 is 0 Å². The summed E-state index contributed by atoms with van der Waals surface area (Å²) >= 11 is 12.3. The Bertz CT molecular complexity index is 987. The minimum absolute atomic E-state index is 0.216. The van der Waals surface area contributed by atoms with E-state index in [4.69, 9.17) is 23.2 Å². The summed E-state index contributed by atoms with van der Waals surface area (Å²) in [4.78, 5) is 8.83. The van der Waals surface area contributed by atoms with Crippen molar-refractivity contribution in [2.45, 2.75) is 0 Å². The Labute approximate surface area is 128 Å². The molecule has 0 unspecified atom stereocenters. The molecule has 104 valence electrons. The van der Waals surface area contributed by atoms with Gasteiger partial charge >= 0.3 is 0 Å². The maximum Gasteiger partial charge on any atom is 0.226 e. The van der Waals surface area contributed by atoms with Crippen LogP contribution in [0.3, 0.4) is 0 Å². The molecule has 0 aliphatic carbocycles. The lowest BCUT2D eigenvalue weighted by Gasteiger charge is -2.02. The molecular weight excluding hydrogens is 311 g/mol. The molecule has 0 bridgehead atoms. The van der Waals surface area contributed by atoms with Gasteiger partial charge in [0.1, 0.15) is 0 Å². The summed E-state index contributed by atoms with van der Waals surface area (Å²) < 4.78 is 3.19. The molecule has 0 amide bonds. The van der Waals surface area contributed by atoms with Crippen molar-refractivity contribution in [3.05, 3.63) is 40.9 Å². The molecule has 1 aromatic carbocycles. The van der Waals surface area contributed by atoms with Gasteiger partial charge in [0, 0.05) is 18.6 Å². The summed E-state index contributed by atoms with van der Waals surface area (Å²) in [5.41, 5.74) is 2.04. The van der Waals surface area contributed by atoms with Gasteiger partial charge in [-0.2, -0.15) is 9.61 Å². The Hall–Kier alpha value is -2.18. The van der Waals surface area contributed by atoms with E-state index in [-0.39, 0.29) is 5.28 Å². The first-order chi connectivity index (χ1) is 10.1. The standard InChI is InChI=1S/C13H8Cl2N6/c1-20-6-7(5-16-20)11-18-12-8-3-2-4-9(14)10(8)17-13(15)21(12)19-11/h2-6H,1H3. The SMILES string of the molecule is Cn1cc(-c2nc3c4cccc(Cl)c4nc(Cl)n3n2)cn1.